The second kappa shape index (κ2) is 57.4. The first-order valence-corrected chi connectivity index (χ1v) is 29.4. The van der Waals surface area contributed by atoms with Gasteiger partial charge in [-0.05, 0) is 109 Å². The number of unbranched alkanes of at least 4 members (excludes halogenated alkanes) is 30. The maximum atomic E-state index is 12.9. The molecule has 398 valence electrons. The molecule has 0 aliphatic carbocycles. The van der Waals surface area contributed by atoms with Crippen LogP contribution in [-0.2, 0) is 28.6 Å². The van der Waals surface area contributed by atoms with Crippen LogP contribution in [0.15, 0.2) is 72.9 Å². The quantitative estimate of drug-likeness (QED) is 0.0262. The molecule has 0 radical (unpaired) electrons. The topological polar surface area (TPSA) is 78.9 Å². The smallest absolute Gasteiger partial charge is 0.306 e. The first-order chi connectivity index (χ1) is 34.0. The molecule has 0 aliphatic rings. The van der Waals surface area contributed by atoms with Crippen molar-refractivity contribution in [2.75, 3.05) is 13.2 Å². The molecule has 0 heterocycles. The van der Waals surface area contributed by atoms with Gasteiger partial charge in [-0.15, -0.1) is 0 Å². The molecule has 6 heteroatoms. The van der Waals surface area contributed by atoms with E-state index in [0.717, 1.165) is 89.9 Å². The lowest BCUT2D eigenvalue weighted by Gasteiger charge is -2.18. The van der Waals surface area contributed by atoms with E-state index in [1.54, 1.807) is 0 Å². The second-order valence-corrected chi connectivity index (χ2v) is 19.5. The molecule has 0 amide bonds. The SMILES string of the molecule is CCCC/C=C\CCCCCCCC(=O)OC[C@@H](COC(=O)CCCCC/C=C\C/C=C\C/C=C\C/C=C\CCCCC)OC(=O)CCCCCCCCCCCCC/C=C\CCCCCCCC. The number of carbonyl (C=O) groups is 3. The summed E-state index contributed by atoms with van der Waals surface area (Å²) in [4.78, 5) is 38.1. The summed E-state index contributed by atoms with van der Waals surface area (Å²) in [7, 11) is 0. The van der Waals surface area contributed by atoms with Gasteiger partial charge in [0.15, 0.2) is 6.10 Å². The Morgan fingerprint density at radius 1 is 0.290 bits per heavy atom. The van der Waals surface area contributed by atoms with E-state index in [1.165, 1.54) is 161 Å². The van der Waals surface area contributed by atoms with E-state index in [2.05, 4.69) is 93.7 Å². The van der Waals surface area contributed by atoms with Crippen LogP contribution < -0.4 is 0 Å². The molecule has 1 atom stereocenters. The highest BCUT2D eigenvalue weighted by Crippen LogP contribution is 2.15. The molecule has 0 fully saturated rings. The number of esters is 3. The Bertz CT molecular complexity index is 1290. The van der Waals surface area contributed by atoms with Crippen molar-refractivity contribution in [2.24, 2.45) is 0 Å². The Hall–Kier alpha value is -3.15. The van der Waals surface area contributed by atoms with Crippen LogP contribution in [0, 0.1) is 0 Å². The molecule has 69 heavy (non-hydrogen) atoms. The minimum Gasteiger partial charge on any atom is -0.462 e. The van der Waals surface area contributed by atoms with Gasteiger partial charge in [-0.3, -0.25) is 14.4 Å². The number of ether oxygens (including phenoxy) is 3. The van der Waals surface area contributed by atoms with Gasteiger partial charge in [-0.25, -0.2) is 0 Å². The van der Waals surface area contributed by atoms with Crippen molar-refractivity contribution in [3.8, 4) is 0 Å². The summed E-state index contributed by atoms with van der Waals surface area (Å²) in [5.74, 6) is -0.923. The minimum absolute atomic E-state index is 0.0896. The second-order valence-electron chi connectivity index (χ2n) is 19.5. The van der Waals surface area contributed by atoms with E-state index in [-0.39, 0.29) is 31.1 Å². The zero-order chi connectivity index (χ0) is 50.0. The van der Waals surface area contributed by atoms with Crippen molar-refractivity contribution in [1.29, 1.82) is 0 Å². The summed E-state index contributed by atoms with van der Waals surface area (Å²) in [6.07, 6.45) is 73.3. The van der Waals surface area contributed by atoms with Gasteiger partial charge in [-0.1, -0.05) is 235 Å². The standard InChI is InChI=1S/C63H110O6/c1-4-7-10-13-16-19-22-24-26-28-30-31-33-35-37-39-42-45-48-51-54-57-63(66)69-60(58-67-61(64)55-52-49-46-43-40-21-18-15-12-9-6-3)59-68-62(65)56-53-50-47-44-41-38-36-34-32-29-27-25-23-20-17-14-11-8-5-2/h15,17-18,20,24-27,32,34,38,41,60H,4-14,16,19,21-23,28-31,33,35-37,39-40,42-59H2,1-3H3/b18-15-,20-17-,26-24-,27-25-,34-32-,41-38-/t60-/m0/s1. The fourth-order valence-corrected chi connectivity index (χ4v) is 8.17. The highest BCUT2D eigenvalue weighted by molar-refractivity contribution is 5.71. The lowest BCUT2D eigenvalue weighted by molar-refractivity contribution is -0.167. The van der Waals surface area contributed by atoms with Crippen LogP contribution in [0.2, 0.25) is 0 Å². The largest absolute Gasteiger partial charge is 0.462 e. The third-order valence-corrected chi connectivity index (χ3v) is 12.7. The van der Waals surface area contributed by atoms with Gasteiger partial charge in [0.25, 0.3) is 0 Å². The first kappa shape index (κ1) is 65.8. The molecule has 0 spiro atoms. The fourth-order valence-electron chi connectivity index (χ4n) is 8.17. The lowest BCUT2D eigenvalue weighted by Crippen LogP contribution is -2.30. The molecule has 0 unspecified atom stereocenters. The monoisotopic (exact) mass is 963 g/mol. The van der Waals surface area contributed by atoms with E-state index >= 15 is 0 Å². The van der Waals surface area contributed by atoms with Crippen LogP contribution in [0.3, 0.4) is 0 Å². The molecular formula is C63H110O6. The number of allylic oxidation sites excluding steroid dienone is 12. The average molecular weight is 964 g/mol. The third kappa shape index (κ3) is 55.6. The molecule has 0 aromatic carbocycles. The fraction of sp³-hybridized carbons (Fsp3) is 0.762. The lowest BCUT2D eigenvalue weighted by atomic mass is 10.0. The van der Waals surface area contributed by atoms with E-state index in [4.69, 9.17) is 14.2 Å². The Labute approximate surface area is 427 Å². The van der Waals surface area contributed by atoms with Gasteiger partial charge in [-0.2, -0.15) is 0 Å². The predicted molar refractivity (Wildman–Crippen MR) is 298 cm³/mol. The highest BCUT2D eigenvalue weighted by Gasteiger charge is 2.19. The Morgan fingerprint density at radius 3 is 0.913 bits per heavy atom. The Kier molecular flexibility index (Phi) is 54.8. The van der Waals surface area contributed by atoms with E-state index in [1.807, 2.05) is 0 Å². The van der Waals surface area contributed by atoms with Gasteiger partial charge >= 0.3 is 17.9 Å². The normalized spacial score (nSPS) is 12.6. The molecule has 0 saturated heterocycles. The highest BCUT2D eigenvalue weighted by atomic mass is 16.6. The predicted octanol–water partition coefficient (Wildman–Crippen LogP) is 19.8. The summed E-state index contributed by atoms with van der Waals surface area (Å²) in [6, 6.07) is 0. The van der Waals surface area contributed by atoms with Gasteiger partial charge in [0.05, 0.1) is 0 Å². The van der Waals surface area contributed by atoms with Crippen molar-refractivity contribution in [2.45, 2.75) is 297 Å². The zero-order valence-corrected chi connectivity index (χ0v) is 45.6. The molecule has 0 rings (SSSR count). The van der Waals surface area contributed by atoms with E-state index in [0.29, 0.717) is 19.3 Å². The van der Waals surface area contributed by atoms with Gasteiger partial charge in [0, 0.05) is 19.3 Å². The van der Waals surface area contributed by atoms with Gasteiger partial charge in [0.2, 0.25) is 0 Å². The van der Waals surface area contributed by atoms with Crippen molar-refractivity contribution >= 4 is 17.9 Å². The number of hydrogen-bond acceptors (Lipinski definition) is 6. The Morgan fingerprint density at radius 2 is 0.536 bits per heavy atom. The molecule has 0 aliphatic heterocycles. The summed E-state index contributed by atoms with van der Waals surface area (Å²) < 4.78 is 16.8. The molecule has 0 bridgehead atoms. The van der Waals surface area contributed by atoms with Crippen LogP contribution in [0.25, 0.3) is 0 Å². The van der Waals surface area contributed by atoms with Crippen LogP contribution in [0.1, 0.15) is 290 Å². The average Bonchev–Trinajstić information content (AvgIpc) is 3.35. The molecule has 0 N–H and O–H groups in total. The molecular weight excluding hydrogens is 853 g/mol. The van der Waals surface area contributed by atoms with Gasteiger partial charge in [0.1, 0.15) is 13.2 Å². The summed E-state index contributed by atoms with van der Waals surface area (Å²) in [5.41, 5.74) is 0. The first-order valence-electron chi connectivity index (χ1n) is 29.4. The van der Waals surface area contributed by atoms with Crippen molar-refractivity contribution in [3.63, 3.8) is 0 Å². The molecule has 0 saturated carbocycles. The van der Waals surface area contributed by atoms with Crippen LogP contribution in [-0.4, -0.2) is 37.2 Å². The van der Waals surface area contributed by atoms with Crippen molar-refractivity contribution in [1.82, 2.24) is 0 Å². The number of hydrogen-bond donors (Lipinski definition) is 0. The van der Waals surface area contributed by atoms with Crippen molar-refractivity contribution < 1.29 is 28.6 Å². The third-order valence-electron chi connectivity index (χ3n) is 12.7. The van der Waals surface area contributed by atoms with Crippen molar-refractivity contribution in [3.05, 3.63) is 72.9 Å². The minimum atomic E-state index is -0.792. The van der Waals surface area contributed by atoms with E-state index < -0.39 is 6.10 Å². The Balaban J connectivity index is 4.37. The van der Waals surface area contributed by atoms with E-state index in [9.17, 15) is 14.4 Å². The van der Waals surface area contributed by atoms with Crippen LogP contribution in [0.4, 0.5) is 0 Å². The maximum absolute atomic E-state index is 12.9. The van der Waals surface area contributed by atoms with Crippen LogP contribution >= 0.6 is 0 Å². The number of carbonyl (C=O) groups excluding carboxylic acids is 3. The summed E-state index contributed by atoms with van der Waals surface area (Å²) >= 11 is 0. The molecule has 6 nitrogen and oxygen atoms in total. The summed E-state index contributed by atoms with van der Waals surface area (Å²) in [6.45, 7) is 6.55. The van der Waals surface area contributed by atoms with Gasteiger partial charge < -0.3 is 14.2 Å². The zero-order valence-electron chi connectivity index (χ0n) is 45.6. The number of rotatable bonds is 53. The molecule has 0 aromatic heterocycles. The molecule has 0 aromatic rings. The summed E-state index contributed by atoms with van der Waals surface area (Å²) in [5, 5.41) is 0. The van der Waals surface area contributed by atoms with Crippen LogP contribution in [0.5, 0.6) is 0 Å². The maximum Gasteiger partial charge on any atom is 0.306 e.